The fourth-order valence-corrected chi connectivity index (χ4v) is 4.77. The van der Waals surface area contributed by atoms with E-state index in [1.54, 1.807) is 12.4 Å². The summed E-state index contributed by atoms with van der Waals surface area (Å²) in [5, 5.41) is 9.78. The topological polar surface area (TPSA) is 67.1 Å². The Kier molecular flexibility index (Phi) is 6.18. The van der Waals surface area contributed by atoms with Gasteiger partial charge in [-0.15, -0.1) is 0 Å². The zero-order valence-corrected chi connectivity index (χ0v) is 19.6. The molecule has 1 N–H and O–H groups in total. The number of halogens is 4. The van der Waals surface area contributed by atoms with E-state index in [0.29, 0.717) is 18.5 Å². The van der Waals surface area contributed by atoms with Gasteiger partial charge in [-0.05, 0) is 29.7 Å². The lowest BCUT2D eigenvalue weighted by atomic mass is 9.78. The van der Waals surface area contributed by atoms with Crippen LogP contribution < -0.4 is 4.74 Å². The summed E-state index contributed by atoms with van der Waals surface area (Å²) in [5.74, 6) is 0.0524. The van der Waals surface area contributed by atoms with E-state index in [1.165, 1.54) is 11.0 Å². The molecule has 1 unspecified atom stereocenters. The fraction of sp³-hybridized carbons (Fsp3) is 0.417. The highest BCUT2D eigenvalue weighted by molar-refractivity contribution is 6.31. The van der Waals surface area contributed by atoms with Crippen molar-refractivity contribution in [3.8, 4) is 5.75 Å². The van der Waals surface area contributed by atoms with Crippen LogP contribution in [0.4, 0.5) is 18.0 Å². The van der Waals surface area contributed by atoms with Crippen LogP contribution in [0.5, 0.6) is 5.75 Å². The number of hydrogen-bond donors (Lipinski definition) is 1. The largest absolute Gasteiger partial charge is 0.490 e. The molecular weight excluding hydrogens is 471 g/mol. The van der Waals surface area contributed by atoms with E-state index in [2.05, 4.69) is 4.98 Å². The van der Waals surface area contributed by atoms with Gasteiger partial charge in [0.15, 0.2) is 0 Å². The predicted octanol–water partition coefficient (Wildman–Crippen LogP) is 6.68. The second-order valence-corrected chi connectivity index (χ2v) is 9.99. The minimum atomic E-state index is -4.59. The number of pyridine rings is 1. The van der Waals surface area contributed by atoms with Crippen molar-refractivity contribution in [3.05, 3.63) is 65.1 Å². The van der Waals surface area contributed by atoms with Gasteiger partial charge in [-0.3, -0.25) is 4.90 Å². The van der Waals surface area contributed by atoms with Crippen LogP contribution >= 0.6 is 11.6 Å². The molecule has 1 atom stereocenters. The van der Waals surface area contributed by atoms with Crippen molar-refractivity contribution in [2.24, 2.45) is 5.41 Å². The van der Waals surface area contributed by atoms with Crippen LogP contribution in [-0.2, 0) is 6.18 Å². The molecule has 34 heavy (non-hydrogen) atoms. The molecule has 1 aromatic carbocycles. The van der Waals surface area contributed by atoms with Gasteiger partial charge in [-0.25, -0.2) is 9.78 Å². The van der Waals surface area contributed by atoms with Crippen LogP contribution in [0.1, 0.15) is 50.8 Å². The highest BCUT2D eigenvalue weighted by Crippen LogP contribution is 2.45. The molecule has 1 fully saturated rings. The maximum Gasteiger partial charge on any atom is 0.417 e. The number of nitrogens with zero attached hydrogens (tertiary/aromatic N) is 3. The number of imidazole rings is 1. The van der Waals surface area contributed by atoms with Gasteiger partial charge in [0.1, 0.15) is 17.5 Å². The molecule has 0 bridgehead atoms. The summed E-state index contributed by atoms with van der Waals surface area (Å²) in [5.41, 5.74) is 0.0619. The summed E-state index contributed by atoms with van der Waals surface area (Å²) >= 11 is 5.68. The molecule has 4 rings (SSSR count). The van der Waals surface area contributed by atoms with Crippen molar-refractivity contribution < 1.29 is 27.8 Å². The molecule has 1 amide bonds. The maximum atomic E-state index is 13.1. The lowest BCUT2D eigenvalue weighted by Gasteiger charge is -2.48. The summed E-state index contributed by atoms with van der Waals surface area (Å²) in [6, 6.07) is 6.31. The van der Waals surface area contributed by atoms with Crippen molar-refractivity contribution in [1.29, 1.82) is 0 Å². The number of rotatable bonds is 5. The van der Waals surface area contributed by atoms with Gasteiger partial charge >= 0.3 is 12.3 Å². The molecular formula is C24H25ClF3N3O3. The number of carbonyl (C=O) groups is 1. The molecule has 1 aliphatic carbocycles. The molecule has 10 heteroatoms. The zero-order chi connectivity index (χ0) is 24.8. The Morgan fingerprint density at radius 2 is 1.94 bits per heavy atom. The normalized spacial score (nSPS) is 19.5. The third-order valence-corrected chi connectivity index (χ3v) is 6.40. The first-order valence-corrected chi connectivity index (χ1v) is 11.2. The molecule has 6 nitrogen and oxygen atoms in total. The Labute approximate surface area is 199 Å². The van der Waals surface area contributed by atoms with Crippen molar-refractivity contribution in [2.45, 2.75) is 58.0 Å². The SMILES string of the molecule is CC(C)(C)C(c1cccn2ccnc12)N(C(=O)O)C1CC(Oc2ccc(Cl)c(C(F)(F)F)c2)C1. The first-order chi connectivity index (χ1) is 15.9. The van der Waals surface area contributed by atoms with Crippen LogP contribution in [0.25, 0.3) is 5.65 Å². The number of benzene rings is 1. The van der Waals surface area contributed by atoms with Crippen LogP contribution in [-0.4, -0.2) is 37.6 Å². The van der Waals surface area contributed by atoms with E-state index in [4.69, 9.17) is 16.3 Å². The van der Waals surface area contributed by atoms with Crippen molar-refractivity contribution in [3.63, 3.8) is 0 Å². The van der Waals surface area contributed by atoms with Gasteiger partial charge in [0.25, 0.3) is 0 Å². The monoisotopic (exact) mass is 495 g/mol. The first kappa shape index (κ1) is 24.2. The van der Waals surface area contributed by atoms with E-state index in [-0.39, 0.29) is 11.8 Å². The van der Waals surface area contributed by atoms with Crippen molar-refractivity contribution in [2.75, 3.05) is 0 Å². The minimum absolute atomic E-state index is 0.0524. The average Bonchev–Trinajstić information content (AvgIpc) is 3.17. The van der Waals surface area contributed by atoms with E-state index < -0.39 is 40.4 Å². The Bertz CT molecular complexity index is 1200. The fourth-order valence-electron chi connectivity index (χ4n) is 4.54. The highest BCUT2D eigenvalue weighted by atomic mass is 35.5. The van der Waals surface area contributed by atoms with E-state index >= 15 is 0 Å². The molecule has 3 aromatic rings. The average molecular weight is 496 g/mol. The molecule has 0 spiro atoms. The maximum absolute atomic E-state index is 13.1. The van der Waals surface area contributed by atoms with E-state index in [1.807, 2.05) is 43.5 Å². The van der Waals surface area contributed by atoms with Gasteiger partial charge in [-0.2, -0.15) is 13.2 Å². The lowest BCUT2D eigenvalue weighted by molar-refractivity contribution is -0.137. The van der Waals surface area contributed by atoms with Crippen molar-refractivity contribution in [1.82, 2.24) is 14.3 Å². The standard InChI is InChI=1S/C24H25ClF3N3O3/c1-23(2,3)20(17-5-4-9-30-10-8-29-21(17)30)31(22(32)33)14-11-16(12-14)34-15-6-7-19(25)18(13-15)24(26,27)28/h4-10,13-14,16,20H,11-12H2,1-3H3,(H,32,33). The number of fused-ring (bicyclic) bond motifs is 1. The zero-order valence-electron chi connectivity index (χ0n) is 18.9. The summed E-state index contributed by atoms with van der Waals surface area (Å²) < 4.78 is 47.0. The number of ether oxygens (including phenoxy) is 1. The number of amides is 1. The van der Waals surface area contributed by atoms with Crippen LogP contribution in [0, 0.1) is 5.41 Å². The van der Waals surface area contributed by atoms with E-state index in [0.717, 1.165) is 17.7 Å². The molecule has 2 aromatic heterocycles. The van der Waals surface area contributed by atoms with Gasteiger partial charge in [0.2, 0.25) is 0 Å². The summed E-state index contributed by atoms with van der Waals surface area (Å²) in [6.45, 7) is 5.91. The summed E-state index contributed by atoms with van der Waals surface area (Å²) in [6.07, 6.45) is -0.0192. The molecule has 182 valence electrons. The van der Waals surface area contributed by atoms with Crippen LogP contribution in [0.15, 0.2) is 48.9 Å². The quantitative estimate of drug-likeness (QED) is 0.428. The van der Waals surface area contributed by atoms with E-state index in [9.17, 15) is 23.1 Å². The number of hydrogen-bond acceptors (Lipinski definition) is 3. The number of aromatic nitrogens is 2. The van der Waals surface area contributed by atoms with Crippen molar-refractivity contribution >= 4 is 23.3 Å². The van der Waals surface area contributed by atoms with Crippen LogP contribution in [0.3, 0.4) is 0 Å². The third kappa shape index (κ3) is 4.66. The second-order valence-electron chi connectivity index (χ2n) is 9.58. The summed E-state index contributed by atoms with van der Waals surface area (Å²) in [7, 11) is 0. The lowest BCUT2D eigenvalue weighted by Crippen LogP contribution is -2.54. The van der Waals surface area contributed by atoms with Gasteiger partial charge in [0.05, 0.1) is 16.6 Å². The second kappa shape index (κ2) is 8.69. The molecule has 1 saturated carbocycles. The number of alkyl halides is 3. The molecule has 0 saturated heterocycles. The smallest absolute Gasteiger partial charge is 0.417 e. The molecule has 0 radical (unpaired) electrons. The Morgan fingerprint density at radius 1 is 1.24 bits per heavy atom. The predicted molar refractivity (Wildman–Crippen MR) is 121 cm³/mol. The summed E-state index contributed by atoms with van der Waals surface area (Å²) in [4.78, 5) is 18.3. The molecule has 2 heterocycles. The van der Waals surface area contributed by atoms with Crippen LogP contribution in [0.2, 0.25) is 5.02 Å². The van der Waals surface area contributed by atoms with Gasteiger partial charge < -0.3 is 14.2 Å². The van der Waals surface area contributed by atoms with Gasteiger partial charge in [-0.1, -0.05) is 38.4 Å². The highest BCUT2D eigenvalue weighted by Gasteiger charge is 2.45. The Balaban J connectivity index is 1.56. The minimum Gasteiger partial charge on any atom is -0.490 e. The molecule has 1 aliphatic rings. The molecule has 0 aliphatic heterocycles. The third-order valence-electron chi connectivity index (χ3n) is 6.07. The Morgan fingerprint density at radius 3 is 2.56 bits per heavy atom. The first-order valence-electron chi connectivity index (χ1n) is 10.8. The Hall–Kier alpha value is -2.94. The van der Waals surface area contributed by atoms with Gasteiger partial charge in [0, 0.05) is 43.0 Å². The number of carboxylic acid groups (broad SMARTS) is 1.